The normalized spacial score (nSPS) is 17.8. The van der Waals surface area contributed by atoms with Gasteiger partial charge in [-0.05, 0) is 49.5 Å². The van der Waals surface area contributed by atoms with Gasteiger partial charge < -0.3 is 10.2 Å². The van der Waals surface area contributed by atoms with Gasteiger partial charge in [-0.25, -0.2) is 4.39 Å². The lowest BCUT2D eigenvalue weighted by Crippen LogP contribution is -2.44. The fraction of sp³-hybridized carbons (Fsp3) is 0.562. The van der Waals surface area contributed by atoms with Crippen LogP contribution in [0, 0.1) is 5.82 Å². The van der Waals surface area contributed by atoms with Crippen LogP contribution < -0.4 is 5.32 Å². The van der Waals surface area contributed by atoms with Crippen LogP contribution in [0.4, 0.5) is 4.39 Å². The number of rotatable bonds is 4. The van der Waals surface area contributed by atoms with Crippen LogP contribution in [-0.4, -0.2) is 37.0 Å². The van der Waals surface area contributed by atoms with E-state index in [1.165, 1.54) is 12.1 Å². The number of halogens is 1. The van der Waals surface area contributed by atoms with Crippen LogP contribution in [0.2, 0.25) is 0 Å². The average Bonchev–Trinajstić information content (AvgIpc) is 2.47. The van der Waals surface area contributed by atoms with Crippen molar-refractivity contribution < 1.29 is 9.18 Å². The van der Waals surface area contributed by atoms with E-state index in [2.05, 4.69) is 5.32 Å². The van der Waals surface area contributed by atoms with Crippen molar-refractivity contribution in [1.82, 2.24) is 10.2 Å². The average molecular weight is 278 g/mol. The van der Waals surface area contributed by atoms with E-state index in [-0.39, 0.29) is 17.6 Å². The van der Waals surface area contributed by atoms with Crippen molar-refractivity contribution in [3.05, 3.63) is 35.6 Å². The Kier molecular flexibility index (Phi) is 5.12. The quantitative estimate of drug-likeness (QED) is 0.918. The molecule has 1 heterocycles. The number of carbonyl (C=O) groups excluding carboxylic acids is 1. The topological polar surface area (TPSA) is 32.3 Å². The third kappa shape index (κ3) is 3.79. The van der Waals surface area contributed by atoms with E-state index < -0.39 is 0 Å². The molecular formula is C16H23FN2O. The molecule has 2 rings (SSSR count). The Bertz CT molecular complexity index is 458. The van der Waals surface area contributed by atoms with Crippen LogP contribution >= 0.6 is 0 Å². The Hall–Kier alpha value is -1.42. The molecule has 0 radical (unpaired) electrons. The minimum absolute atomic E-state index is 0.0439. The number of nitrogens with one attached hydrogen (secondary N) is 1. The van der Waals surface area contributed by atoms with Crippen LogP contribution in [0.5, 0.6) is 0 Å². The second-order valence-electron chi connectivity index (χ2n) is 5.65. The van der Waals surface area contributed by atoms with Gasteiger partial charge in [0.05, 0.1) is 0 Å². The molecule has 1 unspecified atom stereocenters. The van der Waals surface area contributed by atoms with Crippen molar-refractivity contribution in [3.8, 4) is 0 Å². The summed E-state index contributed by atoms with van der Waals surface area (Å²) in [6, 6.07) is 6.86. The Morgan fingerprint density at radius 2 is 2.15 bits per heavy atom. The SMILES string of the molecule is CC(CC(=O)N(C)C1CCNCC1)c1cccc(F)c1. The highest BCUT2D eigenvalue weighted by Gasteiger charge is 2.23. The molecule has 4 heteroatoms. The largest absolute Gasteiger partial charge is 0.343 e. The van der Waals surface area contributed by atoms with Crippen molar-refractivity contribution >= 4 is 5.91 Å². The molecule has 0 aliphatic carbocycles. The lowest BCUT2D eigenvalue weighted by Gasteiger charge is -2.32. The molecule has 20 heavy (non-hydrogen) atoms. The Balaban J connectivity index is 1.93. The maximum absolute atomic E-state index is 13.2. The maximum Gasteiger partial charge on any atom is 0.223 e. The smallest absolute Gasteiger partial charge is 0.223 e. The Morgan fingerprint density at radius 1 is 1.45 bits per heavy atom. The molecule has 110 valence electrons. The number of hydrogen-bond donors (Lipinski definition) is 1. The van der Waals surface area contributed by atoms with Gasteiger partial charge in [0.25, 0.3) is 0 Å². The number of piperidine rings is 1. The van der Waals surface area contributed by atoms with Crippen LogP contribution in [0.1, 0.15) is 37.7 Å². The van der Waals surface area contributed by atoms with Gasteiger partial charge in [-0.3, -0.25) is 4.79 Å². The summed E-state index contributed by atoms with van der Waals surface area (Å²) in [7, 11) is 1.89. The van der Waals surface area contributed by atoms with Gasteiger partial charge in [-0.1, -0.05) is 19.1 Å². The minimum atomic E-state index is -0.242. The maximum atomic E-state index is 13.2. The molecule has 1 saturated heterocycles. The van der Waals surface area contributed by atoms with Gasteiger partial charge >= 0.3 is 0 Å². The van der Waals surface area contributed by atoms with Crippen molar-refractivity contribution in [2.75, 3.05) is 20.1 Å². The van der Waals surface area contributed by atoms with Gasteiger partial charge in [-0.15, -0.1) is 0 Å². The summed E-state index contributed by atoms with van der Waals surface area (Å²) in [5, 5.41) is 3.30. The van der Waals surface area contributed by atoms with E-state index in [0.717, 1.165) is 31.5 Å². The first kappa shape index (κ1) is 15.0. The summed E-state index contributed by atoms with van der Waals surface area (Å²) in [6.45, 7) is 3.92. The van der Waals surface area contributed by atoms with Crippen molar-refractivity contribution in [1.29, 1.82) is 0 Å². The summed E-state index contributed by atoms with van der Waals surface area (Å²) >= 11 is 0. The summed E-state index contributed by atoms with van der Waals surface area (Å²) in [6.07, 6.45) is 2.46. The zero-order valence-corrected chi connectivity index (χ0v) is 12.2. The highest BCUT2D eigenvalue weighted by molar-refractivity contribution is 5.77. The monoisotopic (exact) mass is 278 g/mol. The number of hydrogen-bond acceptors (Lipinski definition) is 2. The highest BCUT2D eigenvalue weighted by atomic mass is 19.1. The van der Waals surface area contributed by atoms with Crippen LogP contribution in [-0.2, 0) is 4.79 Å². The van der Waals surface area contributed by atoms with Gasteiger partial charge in [-0.2, -0.15) is 0 Å². The molecule has 1 aromatic rings. The van der Waals surface area contributed by atoms with E-state index in [9.17, 15) is 9.18 Å². The third-order valence-electron chi connectivity index (χ3n) is 4.15. The van der Waals surface area contributed by atoms with Crippen LogP contribution in [0.3, 0.4) is 0 Å². The summed E-state index contributed by atoms with van der Waals surface area (Å²) in [5.41, 5.74) is 0.886. The fourth-order valence-corrected chi connectivity index (χ4v) is 2.73. The first-order valence-electron chi connectivity index (χ1n) is 7.29. The molecular weight excluding hydrogens is 255 g/mol. The second-order valence-corrected chi connectivity index (χ2v) is 5.65. The molecule has 0 aromatic heterocycles. The van der Waals surface area contributed by atoms with E-state index in [1.54, 1.807) is 6.07 Å². The van der Waals surface area contributed by atoms with Crippen molar-refractivity contribution in [3.63, 3.8) is 0 Å². The van der Waals surface area contributed by atoms with Gasteiger partial charge in [0.15, 0.2) is 0 Å². The summed E-state index contributed by atoms with van der Waals surface area (Å²) < 4.78 is 13.2. The molecule has 1 amide bonds. The molecule has 1 aromatic carbocycles. The molecule has 1 aliphatic heterocycles. The predicted octanol–water partition coefficient (Wildman–Crippen LogP) is 2.53. The number of amides is 1. The molecule has 3 nitrogen and oxygen atoms in total. The Morgan fingerprint density at radius 3 is 2.80 bits per heavy atom. The number of nitrogens with zero attached hydrogens (tertiary/aromatic N) is 1. The highest BCUT2D eigenvalue weighted by Crippen LogP contribution is 2.22. The van der Waals surface area contributed by atoms with Crippen LogP contribution in [0.25, 0.3) is 0 Å². The first-order valence-corrected chi connectivity index (χ1v) is 7.29. The van der Waals surface area contributed by atoms with Crippen molar-refractivity contribution in [2.24, 2.45) is 0 Å². The molecule has 1 N–H and O–H groups in total. The lowest BCUT2D eigenvalue weighted by molar-refractivity contribution is -0.132. The molecule has 1 aliphatic rings. The minimum Gasteiger partial charge on any atom is -0.343 e. The van der Waals surface area contributed by atoms with E-state index in [0.29, 0.717) is 12.5 Å². The molecule has 1 atom stereocenters. The molecule has 0 saturated carbocycles. The zero-order chi connectivity index (χ0) is 14.5. The number of carbonyl (C=O) groups is 1. The third-order valence-corrected chi connectivity index (χ3v) is 4.15. The number of benzene rings is 1. The molecule has 1 fully saturated rings. The Labute approximate surface area is 120 Å². The molecule has 0 bridgehead atoms. The van der Waals surface area contributed by atoms with E-state index in [4.69, 9.17) is 0 Å². The van der Waals surface area contributed by atoms with Gasteiger partial charge in [0, 0.05) is 19.5 Å². The standard InChI is InChI=1S/C16H23FN2O/c1-12(13-4-3-5-14(17)11-13)10-16(20)19(2)15-6-8-18-9-7-15/h3-5,11-12,15,18H,6-10H2,1-2H3. The lowest BCUT2D eigenvalue weighted by atomic mass is 9.96. The predicted molar refractivity (Wildman–Crippen MR) is 78.1 cm³/mol. The first-order chi connectivity index (χ1) is 9.58. The summed E-state index contributed by atoms with van der Waals surface area (Å²) in [4.78, 5) is 14.2. The summed E-state index contributed by atoms with van der Waals surface area (Å²) in [5.74, 6) is -0.0514. The zero-order valence-electron chi connectivity index (χ0n) is 12.2. The fourth-order valence-electron chi connectivity index (χ4n) is 2.73. The van der Waals surface area contributed by atoms with Gasteiger partial charge in [0.1, 0.15) is 5.82 Å². The van der Waals surface area contributed by atoms with Crippen LogP contribution in [0.15, 0.2) is 24.3 Å². The second kappa shape index (κ2) is 6.84. The van der Waals surface area contributed by atoms with E-state index in [1.807, 2.05) is 24.9 Å². The van der Waals surface area contributed by atoms with Gasteiger partial charge in [0.2, 0.25) is 5.91 Å². The molecule has 0 spiro atoms. The van der Waals surface area contributed by atoms with Crippen molar-refractivity contribution in [2.45, 2.75) is 38.1 Å². The van der Waals surface area contributed by atoms with E-state index >= 15 is 0 Å².